The molecule has 0 aromatic heterocycles. The Bertz CT molecular complexity index is 746. The van der Waals surface area contributed by atoms with E-state index in [9.17, 15) is 29.7 Å². The molecule has 0 bridgehead atoms. The average Bonchev–Trinajstić information content (AvgIpc) is 2.78. The zero-order chi connectivity index (χ0) is 25.1. The highest BCUT2D eigenvalue weighted by Gasteiger charge is 2.46. The molecule has 1 saturated heterocycles. The Hall–Kier alpha value is -2.61. The van der Waals surface area contributed by atoms with E-state index in [0.29, 0.717) is 0 Å². The van der Waals surface area contributed by atoms with Crippen LogP contribution in [0.25, 0.3) is 0 Å². The maximum absolute atomic E-state index is 12.2. The third-order valence-corrected chi connectivity index (χ3v) is 4.60. The van der Waals surface area contributed by atoms with Gasteiger partial charge in [-0.3, -0.25) is 0 Å². The average molecular weight is 474 g/mol. The summed E-state index contributed by atoms with van der Waals surface area (Å²) in [5, 5.41) is 47.7. The smallest absolute Gasteiger partial charge is 0.335 e. The van der Waals surface area contributed by atoms with Crippen molar-refractivity contribution < 1.29 is 58.9 Å². The van der Waals surface area contributed by atoms with Gasteiger partial charge in [-0.25, -0.2) is 14.4 Å². The van der Waals surface area contributed by atoms with Gasteiger partial charge in [0.15, 0.2) is 0 Å². The SMILES string of the molecule is C=C(CCO)C(=O)OCCC(=C)C(=O)O[C@@H]1O[C@H](COC(=O)C(=C)CCO)[C@@H](O)[C@H](O)[C@H]1O. The molecule has 12 heteroatoms. The van der Waals surface area contributed by atoms with Gasteiger partial charge in [0.25, 0.3) is 0 Å². The van der Waals surface area contributed by atoms with E-state index in [4.69, 9.17) is 29.2 Å². The van der Waals surface area contributed by atoms with Crippen LogP contribution < -0.4 is 0 Å². The first-order valence-corrected chi connectivity index (χ1v) is 10.0. The van der Waals surface area contributed by atoms with Gasteiger partial charge in [0.05, 0.1) is 6.61 Å². The molecule has 0 spiro atoms. The van der Waals surface area contributed by atoms with Gasteiger partial charge in [0.2, 0.25) is 6.29 Å². The van der Waals surface area contributed by atoms with Crippen molar-refractivity contribution in [2.45, 2.75) is 50.0 Å². The van der Waals surface area contributed by atoms with Crippen molar-refractivity contribution in [3.63, 3.8) is 0 Å². The van der Waals surface area contributed by atoms with Gasteiger partial charge in [-0.15, -0.1) is 0 Å². The summed E-state index contributed by atoms with van der Waals surface area (Å²) in [5.41, 5.74) is -0.109. The first-order valence-electron chi connectivity index (χ1n) is 10.0. The monoisotopic (exact) mass is 474 g/mol. The molecule has 1 aliphatic heterocycles. The topological polar surface area (TPSA) is 189 Å². The lowest BCUT2D eigenvalue weighted by Crippen LogP contribution is -2.59. The molecule has 1 rings (SSSR count). The minimum Gasteiger partial charge on any atom is -0.462 e. The number of rotatable bonds is 13. The second kappa shape index (κ2) is 13.8. The lowest BCUT2D eigenvalue weighted by molar-refractivity contribution is -0.292. The molecule has 186 valence electrons. The number of hydrogen-bond acceptors (Lipinski definition) is 12. The predicted octanol–water partition coefficient (Wildman–Crippen LogP) is -1.75. The fraction of sp³-hybridized carbons (Fsp3) is 0.571. The Morgan fingerprint density at radius 2 is 1.24 bits per heavy atom. The summed E-state index contributed by atoms with van der Waals surface area (Å²) < 4.78 is 20.0. The highest BCUT2D eigenvalue weighted by Crippen LogP contribution is 2.24. The number of aliphatic hydroxyl groups excluding tert-OH is 5. The van der Waals surface area contributed by atoms with Gasteiger partial charge in [-0.1, -0.05) is 19.7 Å². The summed E-state index contributed by atoms with van der Waals surface area (Å²) in [6.45, 7) is 8.99. The van der Waals surface area contributed by atoms with Gasteiger partial charge in [0.1, 0.15) is 31.0 Å². The number of aliphatic hydroxyl groups is 5. The van der Waals surface area contributed by atoms with Crippen molar-refractivity contribution in [3.8, 4) is 0 Å². The molecule has 1 fully saturated rings. The molecular formula is C21H30O12. The van der Waals surface area contributed by atoms with Gasteiger partial charge >= 0.3 is 17.9 Å². The second-order valence-electron chi connectivity index (χ2n) is 7.16. The molecule has 1 heterocycles. The molecule has 0 aliphatic carbocycles. The molecule has 0 amide bonds. The molecule has 0 saturated carbocycles. The maximum Gasteiger partial charge on any atom is 0.335 e. The van der Waals surface area contributed by atoms with E-state index < -0.39 is 55.2 Å². The van der Waals surface area contributed by atoms with Crippen LogP contribution in [-0.2, 0) is 33.3 Å². The van der Waals surface area contributed by atoms with Crippen molar-refractivity contribution in [2.75, 3.05) is 26.4 Å². The number of ether oxygens (including phenoxy) is 4. The first-order chi connectivity index (χ1) is 15.5. The number of carbonyl (C=O) groups is 3. The Morgan fingerprint density at radius 1 is 0.727 bits per heavy atom. The standard InChI is InChI=1S/C21H30O12/c1-11(4-7-22)18(27)30-9-6-13(3)20(29)33-21-17(26)16(25)15(24)14(32-21)10-31-19(28)12(2)5-8-23/h14-17,21-26H,1-10H2/t14-,15-,16+,17-,21+/m1/s1. The molecule has 0 aromatic carbocycles. The summed E-state index contributed by atoms with van der Waals surface area (Å²) in [7, 11) is 0. The quantitative estimate of drug-likeness (QED) is 0.115. The van der Waals surface area contributed by atoms with Crippen LogP contribution in [0, 0.1) is 0 Å². The predicted molar refractivity (Wildman–Crippen MR) is 110 cm³/mol. The van der Waals surface area contributed by atoms with E-state index in [1.54, 1.807) is 0 Å². The van der Waals surface area contributed by atoms with Crippen LogP contribution in [0.15, 0.2) is 36.5 Å². The minimum absolute atomic E-state index is 0.0247. The highest BCUT2D eigenvalue weighted by atomic mass is 16.7. The minimum atomic E-state index is -1.81. The zero-order valence-electron chi connectivity index (χ0n) is 18.1. The van der Waals surface area contributed by atoms with Gasteiger partial charge < -0.3 is 44.5 Å². The molecule has 0 unspecified atom stereocenters. The molecule has 0 aromatic rings. The zero-order valence-corrected chi connectivity index (χ0v) is 18.1. The Kier molecular flexibility index (Phi) is 11.9. The molecule has 5 atom stereocenters. The number of hydrogen-bond donors (Lipinski definition) is 5. The third kappa shape index (κ3) is 8.68. The highest BCUT2D eigenvalue weighted by molar-refractivity contribution is 5.89. The van der Waals surface area contributed by atoms with Crippen LogP contribution in [0.1, 0.15) is 19.3 Å². The van der Waals surface area contributed by atoms with Crippen molar-refractivity contribution in [2.24, 2.45) is 0 Å². The number of esters is 3. The van der Waals surface area contributed by atoms with Gasteiger partial charge in [-0.2, -0.15) is 0 Å². The van der Waals surface area contributed by atoms with Crippen molar-refractivity contribution in [1.29, 1.82) is 0 Å². The van der Waals surface area contributed by atoms with Crippen LogP contribution in [0.3, 0.4) is 0 Å². The van der Waals surface area contributed by atoms with Crippen molar-refractivity contribution in [1.82, 2.24) is 0 Å². The number of carbonyl (C=O) groups excluding carboxylic acids is 3. The Morgan fingerprint density at radius 3 is 1.79 bits per heavy atom. The fourth-order valence-electron chi connectivity index (χ4n) is 2.55. The normalized spacial score (nSPS) is 24.5. The lowest BCUT2D eigenvalue weighted by Gasteiger charge is -2.39. The summed E-state index contributed by atoms with van der Waals surface area (Å²) in [5.74, 6) is -2.63. The van der Waals surface area contributed by atoms with Crippen LogP contribution >= 0.6 is 0 Å². The van der Waals surface area contributed by atoms with E-state index in [0.717, 1.165) is 0 Å². The summed E-state index contributed by atoms with van der Waals surface area (Å²) in [6.07, 6.45) is -8.44. The largest absolute Gasteiger partial charge is 0.462 e. The van der Waals surface area contributed by atoms with Crippen molar-refractivity contribution >= 4 is 17.9 Å². The third-order valence-electron chi connectivity index (χ3n) is 4.60. The van der Waals surface area contributed by atoms with Crippen LogP contribution in [0.5, 0.6) is 0 Å². The van der Waals surface area contributed by atoms with E-state index in [2.05, 4.69) is 19.7 Å². The summed E-state index contributed by atoms with van der Waals surface area (Å²) >= 11 is 0. The van der Waals surface area contributed by atoms with E-state index in [1.165, 1.54) is 0 Å². The summed E-state index contributed by atoms with van der Waals surface area (Å²) in [4.78, 5) is 35.6. The summed E-state index contributed by atoms with van der Waals surface area (Å²) in [6, 6.07) is 0. The molecule has 5 N–H and O–H groups in total. The maximum atomic E-state index is 12.2. The van der Waals surface area contributed by atoms with Crippen LogP contribution in [0.2, 0.25) is 0 Å². The molecule has 12 nitrogen and oxygen atoms in total. The van der Waals surface area contributed by atoms with Crippen LogP contribution in [0.4, 0.5) is 0 Å². The second-order valence-corrected chi connectivity index (χ2v) is 7.16. The Balaban J connectivity index is 2.60. The molecule has 1 aliphatic rings. The van der Waals surface area contributed by atoms with Crippen LogP contribution in [-0.4, -0.2) is 101 Å². The lowest BCUT2D eigenvalue weighted by atomic mass is 9.99. The van der Waals surface area contributed by atoms with Gasteiger partial charge in [-0.05, 0) is 0 Å². The van der Waals surface area contributed by atoms with Gasteiger partial charge in [0, 0.05) is 49.2 Å². The van der Waals surface area contributed by atoms with E-state index >= 15 is 0 Å². The van der Waals surface area contributed by atoms with E-state index in [-0.39, 0.29) is 55.8 Å². The van der Waals surface area contributed by atoms with Crippen molar-refractivity contribution in [3.05, 3.63) is 36.5 Å². The molecule has 33 heavy (non-hydrogen) atoms. The van der Waals surface area contributed by atoms with E-state index in [1.807, 2.05) is 0 Å². The Labute approximate surface area is 190 Å². The molecular weight excluding hydrogens is 444 g/mol. The fourth-order valence-corrected chi connectivity index (χ4v) is 2.55. The first kappa shape index (κ1) is 28.4. The molecule has 0 radical (unpaired) electrons.